The third kappa shape index (κ3) is 5.33. The minimum atomic E-state index is -0.359. The molecule has 0 aromatic heterocycles. The summed E-state index contributed by atoms with van der Waals surface area (Å²) in [5, 5.41) is 0. The molecule has 34 heavy (non-hydrogen) atoms. The number of fused-ring (bicyclic) bond motifs is 1. The van der Waals surface area contributed by atoms with Crippen molar-refractivity contribution in [2.75, 3.05) is 65.6 Å². The van der Waals surface area contributed by atoms with E-state index in [4.69, 9.17) is 14.2 Å². The van der Waals surface area contributed by atoms with Gasteiger partial charge >= 0.3 is 0 Å². The molecule has 0 bridgehead atoms. The van der Waals surface area contributed by atoms with E-state index >= 15 is 0 Å². The number of hydrogen-bond donors (Lipinski definition) is 0. The summed E-state index contributed by atoms with van der Waals surface area (Å²) >= 11 is 0. The number of benzene rings is 1. The van der Waals surface area contributed by atoms with Crippen molar-refractivity contribution in [3.05, 3.63) is 18.2 Å². The molecule has 1 aromatic carbocycles. The van der Waals surface area contributed by atoms with Crippen molar-refractivity contribution in [2.45, 2.75) is 44.6 Å². The van der Waals surface area contributed by atoms with Gasteiger partial charge in [-0.1, -0.05) is 6.42 Å². The third-order valence-electron chi connectivity index (χ3n) is 7.71. The highest BCUT2D eigenvalue weighted by molar-refractivity contribution is 6.01. The lowest BCUT2D eigenvalue weighted by atomic mass is 9.83. The summed E-state index contributed by atoms with van der Waals surface area (Å²) in [5.41, 5.74) is 0.678. The molecule has 4 rings (SSSR count). The smallest absolute Gasteiger partial charge is 0.228 e. The third-order valence-corrected chi connectivity index (χ3v) is 7.71. The van der Waals surface area contributed by atoms with Gasteiger partial charge in [-0.15, -0.1) is 0 Å². The van der Waals surface area contributed by atoms with Crippen LogP contribution in [0.1, 0.15) is 38.5 Å². The Balaban J connectivity index is 1.47. The average molecular weight is 474 g/mol. The Hall–Kier alpha value is -2.32. The predicted octanol–water partition coefficient (Wildman–Crippen LogP) is 2.80. The molecule has 8 heteroatoms. The maximum atomic E-state index is 13.7. The molecular weight excluding hydrogens is 434 g/mol. The van der Waals surface area contributed by atoms with Gasteiger partial charge in [-0.3, -0.25) is 9.59 Å². The first-order valence-electron chi connectivity index (χ1n) is 12.6. The average Bonchev–Trinajstić information content (AvgIpc) is 3.26. The van der Waals surface area contributed by atoms with E-state index < -0.39 is 0 Å². The molecule has 8 nitrogen and oxygen atoms in total. The molecule has 3 aliphatic rings. The van der Waals surface area contributed by atoms with Crippen LogP contribution in [0.4, 0.5) is 5.69 Å². The molecule has 0 saturated carbocycles. The fourth-order valence-electron chi connectivity index (χ4n) is 5.94. The number of methoxy groups -OCH3 is 3. The minimum Gasteiger partial charge on any atom is -0.497 e. The van der Waals surface area contributed by atoms with Crippen LogP contribution in [0.3, 0.4) is 0 Å². The first kappa shape index (κ1) is 24.8. The van der Waals surface area contributed by atoms with Crippen LogP contribution in [0.25, 0.3) is 0 Å². The van der Waals surface area contributed by atoms with Crippen LogP contribution in [-0.2, 0) is 14.3 Å². The number of carbonyl (C=O) groups is 2. The van der Waals surface area contributed by atoms with Crippen molar-refractivity contribution >= 4 is 17.5 Å². The second-order valence-corrected chi connectivity index (χ2v) is 9.72. The van der Waals surface area contributed by atoms with E-state index in [1.165, 1.54) is 38.8 Å². The van der Waals surface area contributed by atoms with Gasteiger partial charge in [0.15, 0.2) is 0 Å². The van der Waals surface area contributed by atoms with Crippen LogP contribution in [0, 0.1) is 11.8 Å². The highest BCUT2D eigenvalue weighted by atomic mass is 16.5. The number of rotatable bonds is 9. The monoisotopic (exact) mass is 473 g/mol. The lowest BCUT2D eigenvalue weighted by Gasteiger charge is -2.46. The van der Waals surface area contributed by atoms with Gasteiger partial charge in [-0.25, -0.2) is 0 Å². The molecule has 0 radical (unpaired) electrons. The van der Waals surface area contributed by atoms with Gasteiger partial charge in [-0.05, 0) is 56.8 Å². The maximum absolute atomic E-state index is 13.7. The first-order chi connectivity index (χ1) is 16.5. The van der Waals surface area contributed by atoms with E-state index in [9.17, 15) is 9.59 Å². The van der Waals surface area contributed by atoms with E-state index in [0.29, 0.717) is 48.8 Å². The number of anilines is 1. The number of nitrogens with zero attached hydrogens (tertiary/aromatic N) is 3. The lowest BCUT2D eigenvalue weighted by Crippen LogP contribution is -2.52. The van der Waals surface area contributed by atoms with Crippen molar-refractivity contribution < 1.29 is 23.8 Å². The summed E-state index contributed by atoms with van der Waals surface area (Å²) in [6.45, 7) is 4.55. The van der Waals surface area contributed by atoms with Gasteiger partial charge in [0.1, 0.15) is 11.5 Å². The van der Waals surface area contributed by atoms with Gasteiger partial charge < -0.3 is 28.9 Å². The van der Waals surface area contributed by atoms with E-state index in [-0.39, 0.29) is 24.2 Å². The zero-order valence-corrected chi connectivity index (χ0v) is 20.8. The molecule has 3 atom stereocenters. The predicted molar refractivity (Wildman–Crippen MR) is 130 cm³/mol. The van der Waals surface area contributed by atoms with Gasteiger partial charge in [-0.2, -0.15) is 0 Å². The molecule has 1 unspecified atom stereocenters. The van der Waals surface area contributed by atoms with Crippen LogP contribution >= 0.6 is 0 Å². The SMILES string of the molecule is COCCN(C[C@@H]1CCCN2CCCC[C@H]12)C(=O)C1CC(=O)N(c2ccc(OC)cc2OC)C1. The second-order valence-electron chi connectivity index (χ2n) is 9.72. The molecule has 2 amide bonds. The maximum Gasteiger partial charge on any atom is 0.228 e. The Labute approximate surface area is 203 Å². The van der Waals surface area contributed by atoms with Gasteiger partial charge in [0.25, 0.3) is 0 Å². The summed E-state index contributed by atoms with van der Waals surface area (Å²) in [6, 6.07) is 5.97. The topological polar surface area (TPSA) is 71.6 Å². The van der Waals surface area contributed by atoms with E-state index in [0.717, 1.165) is 13.0 Å². The molecule has 0 aliphatic carbocycles. The summed E-state index contributed by atoms with van der Waals surface area (Å²) in [6.07, 6.45) is 6.36. The largest absolute Gasteiger partial charge is 0.497 e. The van der Waals surface area contributed by atoms with Crippen molar-refractivity contribution in [3.63, 3.8) is 0 Å². The number of hydrogen-bond acceptors (Lipinski definition) is 6. The highest BCUT2D eigenvalue weighted by Crippen LogP contribution is 2.37. The number of carbonyl (C=O) groups excluding carboxylic acids is 2. The van der Waals surface area contributed by atoms with Gasteiger partial charge in [0.2, 0.25) is 11.8 Å². The Morgan fingerprint density at radius 3 is 2.68 bits per heavy atom. The summed E-state index contributed by atoms with van der Waals surface area (Å²) < 4.78 is 16.1. The summed E-state index contributed by atoms with van der Waals surface area (Å²) in [7, 11) is 4.84. The molecule has 0 spiro atoms. The lowest BCUT2D eigenvalue weighted by molar-refractivity contribution is -0.137. The zero-order chi connectivity index (χ0) is 24.1. The van der Waals surface area contributed by atoms with Crippen molar-refractivity contribution in [3.8, 4) is 11.5 Å². The van der Waals surface area contributed by atoms with Gasteiger partial charge in [0, 0.05) is 45.3 Å². The van der Waals surface area contributed by atoms with Crippen molar-refractivity contribution in [1.29, 1.82) is 0 Å². The van der Waals surface area contributed by atoms with E-state index in [2.05, 4.69) is 4.90 Å². The summed E-state index contributed by atoms with van der Waals surface area (Å²) in [5.74, 6) is 1.37. The van der Waals surface area contributed by atoms with Crippen LogP contribution in [0.5, 0.6) is 11.5 Å². The first-order valence-corrected chi connectivity index (χ1v) is 12.6. The second kappa shape index (κ2) is 11.4. The Morgan fingerprint density at radius 1 is 1.09 bits per heavy atom. The quantitative estimate of drug-likeness (QED) is 0.549. The zero-order valence-electron chi connectivity index (χ0n) is 20.8. The van der Waals surface area contributed by atoms with Gasteiger partial charge in [0.05, 0.1) is 32.4 Å². The molecule has 0 N–H and O–H groups in total. The van der Waals surface area contributed by atoms with Crippen LogP contribution < -0.4 is 14.4 Å². The Morgan fingerprint density at radius 2 is 1.91 bits per heavy atom. The van der Waals surface area contributed by atoms with Crippen LogP contribution in [0.15, 0.2) is 18.2 Å². The normalized spacial score (nSPS) is 25.2. The molecular formula is C26H39N3O5. The van der Waals surface area contributed by atoms with E-state index in [1.807, 2.05) is 17.0 Å². The molecule has 1 aromatic rings. The fraction of sp³-hybridized carbons (Fsp3) is 0.692. The van der Waals surface area contributed by atoms with Crippen molar-refractivity contribution in [1.82, 2.24) is 9.80 Å². The molecule has 3 fully saturated rings. The Kier molecular flexibility index (Phi) is 8.32. The highest BCUT2D eigenvalue weighted by Gasteiger charge is 2.40. The van der Waals surface area contributed by atoms with Crippen molar-refractivity contribution in [2.24, 2.45) is 11.8 Å². The minimum absolute atomic E-state index is 0.0513. The molecule has 188 valence electrons. The molecule has 3 heterocycles. The number of ether oxygens (including phenoxy) is 3. The Bertz CT molecular complexity index is 861. The van der Waals surface area contributed by atoms with E-state index in [1.54, 1.807) is 32.3 Å². The van der Waals surface area contributed by atoms with Crippen LogP contribution in [0.2, 0.25) is 0 Å². The standard InChI is InChI=1S/C26H39N3O5/c1-32-14-13-28(17-19-7-6-12-27-11-5-4-8-22(19)27)26(31)20-15-25(30)29(18-20)23-10-9-21(33-2)16-24(23)34-3/h9-10,16,19-20,22H,4-8,11-15,17-18H2,1-3H3/t19-,20?,22+/m0/s1. The fourth-order valence-corrected chi connectivity index (χ4v) is 5.94. The number of piperidine rings is 2. The molecule has 3 saturated heterocycles. The number of amides is 2. The van der Waals surface area contributed by atoms with Crippen LogP contribution in [-0.4, -0.2) is 88.3 Å². The summed E-state index contributed by atoms with van der Waals surface area (Å²) in [4.78, 5) is 32.9. The molecule has 3 aliphatic heterocycles.